The van der Waals surface area contributed by atoms with E-state index >= 15 is 0 Å². The number of phosphoric acid groups is 3. The van der Waals surface area contributed by atoms with Crippen LogP contribution in [-0.2, 0) is 42.9 Å². The highest BCUT2D eigenvalue weighted by Crippen LogP contribution is 2.66. The maximum absolute atomic E-state index is 12.1. The Kier molecular flexibility index (Phi) is 8.67. The zero-order chi connectivity index (χ0) is 26.0. The van der Waals surface area contributed by atoms with Gasteiger partial charge in [0, 0.05) is 19.2 Å². The minimum Gasteiger partial charge on any atom is -0.383 e. The van der Waals surface area contributed by atoms with Gasteiger partial charge in [-0.25, -0.2) is 23.7 Å². The van der Waals surface area contributed by atoms with Crippen LogP contribution in [0.25, 0.3) is 11.0 Å². The molecule has 8 N–H and O–H groups in total. The van der Waals surface area contributed by atoms with Gasteiger partial charge in [0.1, 0.15) is 30.1 Å². The van der Waals surface area contributed by atoms with Crippen molar-refractivity contribution in [1.82, 2.24) is 14.5 Å². The van der Waals surface area contributed by atoms with Crippen molar-refractivity contribution in [3.63, 3.8) is 0 Å². The van der Waals surface area contributed by atoms with Gasteiger partial charge in [0.15, 0.2) is 0 Å². The molecule has 1 saturated heterocycles. The summed E-state index contributed by atoms with van der Waals surface area (Å²) in [4.78, 5) is 44.4. The van der Waals surface area contributed by atoms with Crippen molar-refractivity contribution in [2.45, 2.75) is 31.4 Å². The van der Waals surface area contributed by atoms with Crippen molar-refractivity contribution < 1.29 is 55.9 Å². The van der Waals surface area contributed by atoms with Crippen molar-refractivity contribution in [3.05, 3.63) is 30.7 Å². The lowest BCUT2D eigenvalue weighted by molar-refractivity contribution is -0.0550. The first-order valence-electron chi connectivity index (χ1n) is 9.71. The number of phosphoric ester groups is 1. The molecular formula is C15H24N5O12P3. The maximum Gasteiger partial charge on any atom is 0.490 e. The van der Waals surface area contributed by atoms with Gasteiger partial charge in [0.2, 0.25) is 0 Å². The molecule has 1 aliphatic heterocycles. The Morgan fingerprint density at radius 1 is 1.20 bits per heavy atom. The third-order valence-corrected chi connectivity index (χ3v) is 8.48. The second-order valence-corrected chi connectivity index (χ2v) is 11.6. The van der Waals surface area contributed by atoms with E-state index in [1.807, 2.05) is 0 Å². The molecule has 2 aromatic heterocycles. The van der Waals surface area contributed by atoms with Crippen LogP contribution < -0.4 is 11.5 Å². The first-order valence-corrected chi connectivity index (χ1v) is 14.2. The third kappa shape index (κ3) is 7.24. The standard InChI is InChI=1S/C15H24N5O12P3/c1-2-3-28-10-4-12(20-6-9(5-16)13-14(17)18-8-19-15(13)20)30-11(10)7-29-34(24,25)32-35(26,27)31-33(21,22)23/h2,6,8,10-12H,1,3-5,7,16H2,(H,24,25)(H,26,27)(H2,17,18,19)(H2,21,22,23). The number of ether oxygens (including phenoxy) is 2. The van der Waals surface area contributed by atoms with Crippen LogP contribution in [0.5, 0.6) is 0 Å². The van der Waals surface area contributed by atoms with Gasteiger partial charge >= 0.3 is 23.5 Å². The summed E-state index contributed by atoms with van der Waals surface area (Å²) in [5, 5.41) is 0.541. The monoisotopic (exact) mass is 559 g/mol. The molecular weight excluding hydrogens is 535 g/mol. The van der Waals surface area contributed by atoms with E-state index in [1.165, 1.54) is 12.4 Å². The predicted octanol–water partition coefficient (Wildman–Crippen LogP) is 0.674. The van der Waals surface area contributed by atoms with Crippen LogP contribution in [0.4, 0.5) is 5.82 Å². The smallest absolute Gasteiger partial charge is 0.383 e. The highest BCUT2D eigenvalue weighted by atomic mass is 31.3. The van der Waals surface area contributed by atoms with Gasteiger partial charge in [-0.15, -0.1) is 6.58 Å². The van der Waals surface area contributed by atoms with Gasteiger partial charge in [-0.3, -0.25) is 4.52 Å². The molecule has 3 rings (SSSR count). The lowest BCUT2D eigenvalue weighted by atomic mass is 10.2. The first kappa shape index (κ1) is 28.0. The summed E-state index contributed by atoms with van der Waals surface area (Å²) < 4.78 is 59.7. The quantitative estimate of drug-likeness (QED) is 0.154. The van der Waals surface area contributed by atoms with E-state index in [9.17, 15) is 23.5 Å². The molecule has 2 aromatic rings. The average molecular weight is 559 g/mol. The summed E-state index contributed by atoms with van der Waals surface area (Å²) in [6, 6.07) is 0. The largest absolute Gasteiger partial charge is 0.490 e. The van der Waals surface area contributed by atoms with Gasteiger partial charge in [-0.1, -0.05) is 6.08 Å². The van der Waals surface area contributed by atoms with Gasteiger partial charge in [0.05, 0.1) is 24.7 Å². The fourth-order valence-electron chi connectivity index (χ4n) is 3.42. The Morgan fingerprint density at radius 3 is 2.54 bits per heavy atom. The Bertz CT molecular complexity index is 1220. The van der Waals surface area contributed by atoms with Gasteiger partial charge in [-0.05, 0) is 5.56 Å². The number of nitrogens with two attached hydrogens (primary N) is 2. The van der Waals surface area contributed by atoms with Crippen molar-refractivity contribution in [2.24, 2.45) is 5.73 Å². The fourth-order valence-corrected chi connectivity index (χ4v) is 6.45. The SMILES string of the molecule is C=CCOC1CC(n2cc(CN)c3c(N)ncnc32)OC1COP(=O)(O)OP(=O)(O)OP(=O)(O)O. The topological polar surface area (TPSA) is 261 Å². The molecule has 0 spiro atoms. The number of rotatable bonds is 12. The molecule has 0 radical (unpaired) electrons. The second kappa shape index (κ2) is 10.8. The van der Waals surface area contributed by atoms with Gasteiger partial charge in [0.25, 0.3) is 0 Å². The number of aromatic nitrogens is 3. The van der Waals surface area contributed by atoms with Crippen LogP contribution >= 0.6 is 23.5 Å². The molecule has 1 fully saturated rings. The van der Waals surface area contributed by atoms with Crippen molar-refractivity contribution in [3.8, 4) is 0 Å². The van der Waals surface area contributed by atoms with E-state index in [-0.39, 0.29) is 25.4 Å². The summed E-state index contributed by atoms with van der Waals surface area (Å²) in [5.74, 6) is 0.218. The minimum absolute atomic E-state index is 0.0993. The van der Waals surface area contributed by atoms with E-state index < -0.39 is 48.5 Å². The van der Waals surface area contributed by atoms with E-state index in [1.54, 1.807) is 10.8 Å². The van der Waals surface area contributed by atoms with Gasteiger partial charge < -0.3 is 45.1 Å². The Labute approximate surface area is 198 Å². The minimum atomic E-state index is -5.65. The molecule has 20 heteroatoms. The van der Waals surface area contributed by atoms with E-state index in [0.717, 1.165) is 0 Å². The van der Waals surface area contributed by atoms with Crippen LogP contribution in [0.1, 0.15) is 18.2 Å². The molecule has 5 atom stereocenters. The van der Waals surface area contributed by atoms with Crippen molar-refractivity contribution >= 4 is 40.3 Å². The molecule has 0 saturated carbocycles. The molecule has 196 valence electrons. The van der Waals surface area contributed by atoms with Crippen LogP contribution in [0.3, 0.4) is 0 Å². The van der Waals surface area contributed by atoms with Gasteiger partial charge in [-0.2, -0.15) is 8.62 Å². The normalized spacial score (nSPS) is 24.3. The number of hydrogen-bond acceptors (Lipinski definition) is 12. The lowest BCUT2D eigenvalue weighted by Gasteiger charge is -2.21. The predicted molar refractivity (Wildman–Crippen MR) is 118 cm³/mol. The molecule has 1 aliphatic rings. The summed E-state index contributed by atoms with van der Waals surface area (Å²) in [7, 11) is -16.5. The molecule has 0 aromatic carbocycles. The second-order valence-electron chi connectivity index (χ2n) is 7.14. The Balaban J connectivity index is 1.78. The van der Waals surface area contributed by atoms with E-state index in [4.69, 9.17) is 35.3 Å². The molecule has 5 unspecified atom stereocenters. The number of anilines is 1. The van der Waals surface area contributed by atoms with E-state index in [0.29, 0.717) is 16.6 Å². The van der Waals surface area contributed by atoms with Crippen LogP contribution in [0.15, 0.2) is 25.2 Å². The van der Waals surface area contributed by atoms with Crippen LogP contribution in [0.2, 0.25) is 0 Å². The zero-order valence-electron chi connectivity index (χ0n) is 17.9. The third-order valence-electron chi connectivity index (χ3n) is 4.67. The highest BCUT2D eigenvalue weighted by Gasteiger charge is 2.43. The Morgan fingerprint density at radius 2 is 1.91 bits per heavy atom. The molecule has 0 bridgehead atoms. The lowest BCUT2D eigenvalue weighted by Crippen LogP contribution is -2.29. The molecule has 3 heterocycles. The first-order chi connectivity index (χ1) is 16.3. The number of fused-ring (bicyclic) bond motifs is 1. The maximum atomic E-state index is 12.1. The zero-order valence-corrected chi connectivity index (χ0v) is 20.6. The average Bonchev–Trinajstić information content (AvgIpc) is 3.29. The summed E-state index contributed by atoms with van der Waals surface area (Å²) in [6.07, 6.45) is 2.22. The number of nitrogens with zero attached hydrogens (tertiary/aromatic N) is 3. The van der Waals surface area contributed by atoms with E-state index in [2.05, 4.69) is 25.2 Å². The van der Waals surface area contributed by atoms with Crippen LogP contribution in [-0.4, -0.2) is 59.5 Å². The fraction of sp³-hybridized carbons (Fsp3) is 0.467. The summed E-state index contributed by atoms with van der Waals surface area (Å²) >= 11 is 0. The summed E-state index contributed by atoms with van der Waals surface area (Å²) in [6.45, 7) is 3.11. The molecule has 17 nitrogen and oxygen atoms in total. The molecule has 0 amide bonds. The number of hydrogen-bond donors (Lipinski definition) is 6. The van der Waals surface area contributed by atoms with Crippen molar-refractivity contribution in [2.75, 3.05) is 18.9 Å². The summed E-state index contributed by atoms with van der Waals surface area (Å²) in [5.41, 5.74) is 12.8. The molecule has 0 aliphatic carbocycles. The molecule has 35 heavy (non-hydrogen) atoms. The van der Waals surface area contributed by atoms with Crippen molar-refractivity contribution in [1.29, 1.82) is 0 Å². The van der Waals surface area contributed by atoms with Crippen LogP contribution in [0, 0.1) is 0 Å². The number of nitrogen functional groups attached to an aromatic ring is 1. The highest BCUT2D eigenvalue weighted by molar-refractivity contribution is 7.66. The Hall–Kier alpha value is -1.55.